The van der Waals surface area contributed by atoms with Crippen molar-refractivity contribution in [1.82, 2.24) is 0 Å². The summed E-state index contributed by atoms with van der Waals surface area (Å²) in [6, 6.07) is 0. The summed E-state index contributed by atoms with van der Waals surface area (Å²) in [6.07, 6.45) is 8.13. The van der Waals surface area contributed by atoms with Crippen molar-refractivity contribution in [2.75, 3.05) is 0 Å². The molecule has 0 amide bonds. The van der Waals surface area contributed by atoms with Crippen molar-refractivity contribution in [3.8, 4) is 0 Å². The first-order valence-electron chi connectivity index (χ1n) is 4.59. The second kappa shape index (κ2) is 4.24. The molecule has 0 heterocycles. The van der Waals surface area contributed by atoms with Gasteiger partial charge in [-0.05, 0) is 33.1 Å². The summed E-state index contributed by atoms with van der Waals surface area (Å²) in [4.78, 5) is 11.5. The topological polar surface area (TPSA) is 17.1 Å². The average molecular weight is 164 g/mol. The summed E-state index contributed by atoms with van der Waals surface area (Å²) >= 11 is 0. The molecular formula is C11H16O. The van der Waals surface area contributed by atoms with E-state index in [9.17, 15) is 4.79 Å². The third-order valence-electron chi connectivity index (χ3n) is 2.15. The van der Waals surface area contributed by atoms with Crippen LogP contribution in [0.3, 0.4) is 0 Å². The van der Waals surface area contributed by atoms with Gasteiger partial charge < -0.3 is 0 Å². The SMILES string of the molecule is CC(C)=C1/C=C\CCCCC1=O. The maximum Gasteiger partial charge on any atom is 0.162 e. The van der Waals surface area contributed by atoms with Gasteiger partial charge in [0.05, 0.1) is 0 Å². The highest BCUT2D eigenvalue weighted by Gasteiger charge is 2.09. The zero-order valence-electron chi connectivity index (χ0n) is 7.89. The molecule has 1 nitrogen and oxygen atoms in total. The van der Waals surface area contributed by atoms with Crippen LogP contribution in [0.25, 0.3) is 0 Å². The molecule has 0 aromatic heterocycles. The summed E-state index contributed by atoms with van der Waals surface area (Å²) in [5, 5.41) is 0. The molecule has 0 bridgehead atoms. The second-order valence-corrected chi connectivity index (χ2v) is 3.49. The van der Waals surface area contributed by atoms with Gasteiger partial charge in [-0.25, -0.2) is 0 Å². The highest BCUT2D eigenvalue weighted by atomic mass is 16.1. The van der Waals surface area contributed by atoms with Crippen molar-refractivity contribution in [2.24, 2.45) is 0 Å². The highest BCUT2D eigenvalue weighted by molar-refractivity contribution is 5.98. The van der Waals surface area contributed by atoms with E-state index in [-0.39, 0.29) is 0 Å². The van der Waals surface area contributed by atoms with E-state index < -0.39 is 0 Å². The normalized spacial score (nSPS) is 21.5. The average Bonchev–Trinajstić information content (AvgIpc) is 1.96. The second-order valence-electron chi connectivity index (χ2n) is 3.49. The van der Waals surface area contributed by atoms with E-state index in [0.29, 0.717) is 5.78 Å². The smallest absolute Gasteiger partial charge is 0.162 e. The van der Waals surface area contributed by atoms with Crippen LogP contribution in [0, 0.1) is 0 Å². The lowest BCUT2D eigenvalue weighted by molar-refractivity contribution is -0.115. The molecule has 0 fully saturated rings. The van der Waals surface area contributed by atoms with Gasteiger partial charge in [0, 0.05) is 12.0 Å². The largest absolute Gasteiger partial charge is 0.294 e. The van der Waals surface area contributed by atoms with Crippen LogP contribution >= 0.6 is 0 Å². The number of ketones is 1. The first kappa shape index (κ1) is 9.24. The summed E-state index contributed by atoms with van der Waals surface area (Å²) in [7, 11) is 0. The van der Waals surface area contributed by atoms with Gasteiger partial charge in [-0.3, -0.25) is 4.79 Å². The van der Waals surface area contributed by atoms with Crippen molar-refractivity contribution < 1.29 is 4.79 Å². The molecule has 0 saturated heterocycles. The van der Waals surface area contributed by atoms with Gasteiger partial charge in [0.2, 0.25) is 0 Å². The van der Waals surface area contributed by atoms with Gasteiger partial charge in [-0.2, -0.15) is 0 Å². The molecule has 1 heteroatoms. The Morgan fingerprint density at radius 3 is 2.75 bits per heavy atom. The molecule has 0 saturated carbocycles. The third-order valence-corrected chi connectivity index (χ3v) is 2.15. The van der Waals surface area contributed by atoms with E-state index in [2.05, 4.69) is 6.08 Å². The Kier molecular flexibility index (Phi) is 3.27. The van der Waals surface area contributed by atoms with Crippen LogP contribution < -0.4 is 0 Å². The number of carbonyl (C=O) groups is 1. The molecule has 12 heavy (non-hydrogen) atoms. The molecule has 0 aromatic carbocycles. The van der Waals surface area contributed by atoms with Gasteiger partial charge in [0.25, 0.3) is 0 Å². The highest BCUT2D eigenvalue weighted by Crippen LogP contribution is 2.15. The lowest BCUT2D eigenvalue weighted by atomic mass is 9.97. The monoisotopic (exact) mass is 164 g/mol. The third kappa shape index (κ3) is 2.33. The summed E-state index contributed by atoms with van der Waals surface area (Å²) < 4.78 is 0. The Morgan fingerprint density at radius 2 is 2.08 bits per heavy atom. The zero-order valence-corrected chi connectivity index (χ0v) is 7.89. The van der Waals surface area contributed by atoms with E-state index >= 15 is 0 Å². The lowest BCUT2D eigenvalue weighted by Crippen LogP contribution is -2.03. The van der Waals surface area contributed by atoms with E-state index in [0.717, 1.165) is 36.8 Å². The molecule has 0 N–H and O–H groups in total. The summed E-state index contributed by atoms with van der Waals surface area (Å²) in [5.41, 5.74) is 2.06. The van der Waals surface area contributed by atoms with Crippen molar-refractivity contribution in [3.63, 3.8) is 0 Å². The minimum absolute atomic E-state index is 0.311. The predicted octanol–water partition coefficient (Wildman–Crippen LogP) is 3.02. The zero-order chi connectivity index (χ0) is 8.97. The van der Waals surface area contributed by atoms with E-state index in [1.165, 1.54) is 0 Å². The number of hydrogen-bond acceptors (Lipinski definition) is 1. The van der Waals surface area contributed by atoms with E-state index in [4.69, 9.17) is 0 Å². The molecular weight excluding hydrogens is 148 g/mol. The standard InChI is InChI=1S/C11H16O/c1-9(2)10-7-5-3-4-6-8-11(10)12/h5,7H,3-4,6,8H2,1-2H3/b7-5-. The van der Waals surface area contributed by atoms with E-state index in [1.54, 1.807) is 0 Å². The molecule has 0 atom stereocenters. The first-order valence-corrected chi connectivity index (χ1v) is 4.59. The fourth-order valence-electron chi connectivity index (χ4n) is 1.42. The Labute approximate surface area is 74.2 Å². The Hall–Kier alpha value is -0.850. The van der Waals surface area contributed by atoms with Crippen molar-refractivity contribution in [1.29, 1.82) is 0 Å². The molecule has 66 valence electrons. The van der Waals surface area contributed by atoms with Gasteiger partial charge in [0.1, 0.15) is 0 Å². The summed E-state index contributed by atoms with van der Waals surface area (Å²) in [6.45, 7) is 4.00. The number of Topliss-reactive ketones (excluding diaryl/α,β-unsaturated/α-hetero) is 1. The molecule has 0 aromatic rings. The minimum atomic E-state index is 0.311. The van der Waals surface area contributed by atoms with Gasteiger partial charge in [0.15, 0.2) is 5.78 Å². The van der Waals surface area contributed by atoms with Gasteiger partial charge in [-0.15, -0.1) is 0 Å². The van der Waals surface area contributed by atoms with Gasteiger partial charge >= 0.3 is 0 Å². The fraction of sp³-hybridized carbons (Fsp3) is 0.545. The van der Waals surface area contributed by atoms with Gasteiger partial charge in [-0.1, -0.05) is 17.7 Å². The van der Waals surface area contributed by atoms with Crippen LogP contribution in [0.2, 0.25) is 0 Å². The van der Waals surface area contributed by atoms with Crippen LogP contribution in [0.5, 0.6) is 0 Å². The maximum atomic E-state index is 11.5. The Morgan fingerprint density at radius 1 is 1.33 bits per heavy atom. The predicted molar refractivity (Wildman–Crippen MR) is 51.0 cm³/mol. The van der Waals surface area contributed by atoms with Crippen molar-refractivity contribution >= 4 is 5.78 Å². The Bertz CT molecular complexity index is 229. The molecule has 1 rings (SSSR count). The van der Waals surface area contributed by atoms with Crippen LogP contribution in [-0.4, -0.2) is 5.78 Å². The lowest BCUT2D eigenvalue weighted by Gasteiger charge is -2.07. The fourth-order valence-corrected chi connectivity index (χ4v) is 1.42. The van der Waals surface area contributed by atoms with E-state index in [1.807, 2.05) is 19.9 Å². The van der Waals surface area contributed by atoms with Crippen molar-refractivity contribution in [2.45, 2.75) is 39.5 Å². The van der Waals surface area contributed by atoms with Crippen LogP contribution in [-0.2, 0) is 4.79 Å². The minimum Gasteiger partial charge on any atom is -0.294 e. The Balaban J connectivity index is 2.86. The van der Waals surface area contributed by atoms with Crippen molar-refractivity contribution in [3.05, 3.63) is 23.3 Å². The first-order chi connectivity index (χ1) is 5.72. The number of rotatable bonds is 0. The molecule has 0 aliphatic heterocycles. The quantitative estimate of drug-likeness (QED) is 0.503. The number of allylic oxidation sites excluding steroid dienone is 4. The van der Waals surface area contributed by atoms with Crippen LogP contribution in [0.4, 0.5) is 0 Å². The molecule has 0 radical (unpaired) electrons. The molecule has 1 aliphatic rings. The molecule has 0 unspecified atom stereocenters. The van der Waals surface area contributed by atoms with Crippen LogP contribution in [0.15, 0.2) is 23.3 Å². The molecule has 1 aliphatic carbocycles. The molecule has 0 spiro atoms. The van der Waals surface area contributed by atoms with Crippen LogP contribution in [0.1, 0.15) is 39.5 Å². The summed E-state index contributed by atoms with van der Waals surface area (Å²) in [5.74, 6) is 0.311. The maximum absolute atomic E-state index is 11.5. The number of carbonyl (C=O) groups excluding carboxylic acids is 1. The number of hydrogen-bond donors (Lipinski definition) is 0.